The smallest absolute Gasteiger partial charge is 0.252 e. The van der Waals surface area contributed by atoms with Crippen molar-refractivity contribution >= 4 is 22.9 Å². The normalized spacial score (nSPS) is 15.8. The van der Waals surface area contributed by atoms with Crippen LogP contribution in [0.2, 0.25) is 0 Å². The second-order valence-corrected chi connectivity index (χ2v) is 7.51. The number of rotatable bonds is 4. The SMILES string of the molecule is CC(C)C(=O)N1CCC(Nc2ncc3ccc(=O)n(C(C)C)c3n2)CC1. The summed E-state index contributed by atoms with van der Waals surface area (Å²) in [4.78, 5) is 35.2. The number of carbonyl (C=O) groups is 1. The van der Waals surface area contributed by atoms with E-state index < -0.39 is 0 Å². The molecule has 140 valence electrons. The maximum atomic E-state index is 12.2. The zero-order chi connectivity index (χ0) is 18.8. The van der Waals surface area contributed by atoms with Gasteiger partial charge in [0.1, 0.15) is 5.65 Å². The fourth-order valence-electron chi connectivity index (χ4n) is 3.40. The zero-order valence-electron chi connectivity index (χ0n) is 15.9. The van der Waals surface area contributed by atoms with Gasteiger partial charge in [-0.05, 0) is 32.8 Å². The largest absolute Gasteiger partial charge is 0.351 e. The number of nitrogens with zero attached hydrogens (tertiary/aromatic N) is 4. The number of carbonyl (C=O) groups excluding carboxylic acids is 1. The van der Waals surface area contributed by atoms with Gasteiger partial charge in [-0.3, -0.25) is 14.2 Å². The highest BCUT2D eigenvalue weighted by molar-refractivity contribution is 5.78. The summed E-state index contributed by atoms with van der Waals surface area (Å²) in [6.45, 7) is 9.31. The molecule has 7 nitrogen and oxygen atoms in total. The van der Waals surface area contributed by atoms with Crippen LogP contribution in [-0.2, 0) is 4.79 Å². The molecule has 1 aliphatic rings. The highest BCUT2D eigenvalue weighted by Crippen LogP contribution is 2.18. The lowest BCUT2D eigenvalue weighted by Gasteiger charge is -2.33. The fourth-order valence-corrected chi connectivity index (χ4v) is 3.40. The highest BCUT2D eigenvalue weighted by atomic mass is 16.2. The quantitative estimate of drug-likeness (QED) is 0.909. The Morgan fingerprint density at radius 2 is 1.88 bits per heavy atom. The molecular formula is C19H27N5O2. The van der Waals surface area contributed by atoms with Gasteiger partial charge in [0.05, 0.1) is 0 Å². The van der Waals surface area contributed by atoms with Crippen LogP contribution >= 0.6 is 0 Å². The maximum absolute atomic E-state index is 12.2. The van der Waals surface area contributed by atoms with E-state index in [1.165, 1.54) is 0 Å². The summed E-state index contributed by atoms with van der Waals surface area (Å²) in [5.74, 6) is 0.786. The van der Waals surface area contributed by atoms with E-state index in [0.717, 1.165) is 31.3 Å². The first-order valence-corrected chi connectivity index (χ1v) is 9.30. The number of likely N-dealkylation sites (tertiary alicyclic amines) is 1. The molecule has 1 fully saturated rings. The number of fused-ring (bicyclic) bond motifs is 1. The Kier molecular flexibility index (Phi) is 5.25. The van der Waals surface area contributed by atoms with Crippen molar-refractivity contribution in [1.29, 1.82) is 0 Å². The van der Waals surface area contributed by atoms with Gasteiger partial charge in [0, 0.05) is 48.7 Å². The van der Waals surface area contributed by atoms with E-state index >= 15 is 0 Å². The molecular weight excluding hydrogens is 330 g/mol. The van der Waals surface area contributed by atoms with Crippen LogP contribution in [0.25, 0.3) is 11.0 Å². The molecule has 1 saturated heterocycles. The molecule has 1 N–H and O–H groups in total. The van der Waals surface area contributed by atoms with E-state index in [1.54, 1.807) is 22.9 Å². The van der Waals surface area contributed by atoms with Crippen LogP contribution in [0, 0.1) is 5.92 Å². The van der Waals surface area contributed by atoms with Crippen LogP contribution in [0.3, 0.4) is 0 Å². The predicted molar refractivity (Wildman–Crippen MR) is 102 cm³/mol. The van der Waals surface area contributed by atoms with Crippen molar-refractivity contribution in [2.75, 3.05) is 18.4 Å². The Morgan fingerprint density at radius 3 is 2.50 bits per heavy atom. The Hall–Kier alpha value is -2.44. The molecule has 7 heteroatoms. The summed E-state index contributed by atoms with van der Waals surface area (Å²) < 4.78 is 1.69. The molecule has 1 amide bonds. The Balaban J connectivity index is 1.75. The van der Waals surface area contributed by atoms with Crippen LogP contribution < -0.4 is 10.9 Å². The fraction of sp³-hybridized carbons (Fsp3) is 0.579. The highest BCUT2D eigenvalue weighted by Gasteiger charge is 2.24. The first kappa shape index (κ1) is 18.4. The third-order valence-electron chi connectivity index (χ3n) is 4.82. The number of piperidine rings is 1. The van der Waals surface area contributed by atoms with E-state index in [2.05, 4.69) is 15.3 Å². The average Bonchev–Trinajstić information content (AvgIpc) is 2.61. The first-order valence-electron chi connectivity index (χ1n) is 9.30. The lowest BCUT2D eigenvalue weighted by Crippen LogP contribution is -2.44. The molecule has 0 atom stereocenters. The summed E-state index contributed by atoms with van der Waals surface area (Å²) in [6, 6.07) is 3.57. The molecule has 2 aromatic rings. The van der Waals surface area contributed by atoms with Crippen molar-refractivity contribution in [3.05, 3.63) is 28.7 Å². The van der Waals surface area contributed by atoms with Crippen molar-refractivity contribution in [2.24, 2.45) is 5.92 Å². The summed E-state index contributed by atoms with van der Waals surface area (Å²) in [5.41, 5.74) is 0.593. The predicted octanol–water partition coefficient (Wildman–Crippen LogP) is 2.43. The van der Waals surface area contributed by atoms with Gasteiger partial charge < -0.3 is 10.2 Å². The molecule has 3 heterocycles. The number of pyridine rings is 1. The molecule has 3 rings (SSSR count). The monoisotopic (exact) mass is 357 g/mol. The molecule has 0 aliphatic carbocycles. The van der Waals surface area contributed by atoms with Crippen LogP contribution in [-0.4, -0.2) is 44.5 Å². The van der Waals surface area contributed by atoms with Gasteiger partial charge in [-0.15, -0.1) is 0 Å². The molecule has 0 radical (unpaired) electrons. The minimum atomic E-state index is -0.0577. The molecule has 0 spiro atoms. The standard InChI is InChI=1S/C19H27N5O2/c1-12(2)18(26)23-9-7-15(8-10-23)21-19-20-11-14-5-6-16(25)24(13(3)4)17(14)22-19/h5-6,11-13,15H,7-10H2,1-4H3,(H,20,21,22). The molecule has 2 aromatic heterocycles. The molecule has 0 bridgehead atoms. The van der Waals surface area contributed by atoms with E-state index in [4.69, 9.17) is 0 Å². The topological polar surface area (TPSA) is 80.1 Å². The van der Waals surface area contributed by atoms with Crippen molar-refractivity contribution in [2.45, 2.75) is 52.6 Å². The second-order valence-electron chi connectivity index (χ2n) is 7.51. The number of aromatic nitrogens is 3. The van der Waals surface area contributed by atoms with Gasteiger partial charge in [-0.1, -0.05) is 13.8 Å². The molecule has 0 aromatic carbocycles. The molecule has 0 saturated carbocycles. The van der Waals surface area contributed by atoms with Crippen LogP contribution in [0.5, 0.6) is 0 Å². The van der Waals surface area contributed by atoms with Crippen LogP contribution in [0.4, 0.5) is 5.95 Å². The zero-order valence-corrected chi connectivity index (χ0v) is 15.9. The lowest BCUT2D eigenvalue weighted by molar-refractivity contribution is -0.135. The van der Waals surface area contributed by atoms with Gasteiger partial charge in [-0.25, -0.2) is 4.98 Å². The summed E-state index contributed by atoms with van der Waals surface area (Å²) in [7, 11) is 0. The van der Waals surface area contributed by atoms with Gasteiger partial charge >= 0.3 is 0 Å². The number of amides is 1. The Labute approximate surface area is 153 Å². The third-order valence-corrected chi connectivity index (χ3v) is 4.82. The number of hydrogen-bond acceptors (Lipinski definition) is 5. The van der Waals surface area contributed by atoms with E-state index in [9.17, 15) is 9.59 Å². The van der Waals surface area contributed by atoms with Gasteiger partial charge in [0.2, 0.25) is 11.9 Å². The van der Waals surface area contributed by atoms with E-state index in [0.29, 0.717) is 11.6 Å². The Bertz CT molecular complexity index is 851. The van der Waals surface area contributed by atoms with Gasteiger partial charge in [0.25, 0.3) is 5.56 Å². The van der Waals surface area contributed by atoms with Crippen LogP contribution in [0.1, 0.15) is 46.6 Å². The summed E-state index contributed by atoms with van der Waals surface area (Å²) >= 11 is 0. The van der Waals surface area contributed by atoms with Crippen molar-refractivity contribution < 1.29 is 4.79 Å². The van der Waals surface area contributed by atoms with Gasteiger partial charge in [0.15, 0.2) is 0 Å². The summed E-state index contributed by atoms with van der Waals surface area (Å²) in [6.07, 6.45) is 3.48. The van der Waals surface area contributed by atoms with Crippen molar-refractivity contribution in [1.82, 2.24) is 19.4 Å². The average molecular weight is 357 g/mol. The van der Waals surface area contributed by atoms with Gasteiger partial charge in [-0.2, -0.15) is 4.98 Å². The number of hydrogen-bond donors (Lipinski definition) is 1. The summed E-state index contributed by atoms with van der Waals surface area (Å²) in [5, 5.41) is 4.22. The minimum Gasteiger partial charge on any atom is -0.351 e. The number of nitrogens with one attached hydrogen (secondary N) is 1. The third kappa shape index (κ3) is 3.71. The minimum absolute atomic E-state index is 0.0271. The maximum Gasteiger partial charge on any atom is 0.252 e. The number of anilines is 1. The van der Waals surface area contributed by atoms with Crippen molar-refractivity contribution in [3.8, 4) is 0 Å². The Morgan fingerprint density at radius 1 is 1.19 bits per heavy atom. The first-order chi connectivity index (χ1) is 12.4. The molecule has 26 heavy (non-hydrogen) atoms. The van der Waals surface area contributed by atoms with Crippen LogP contribution in [0.15, 0.2) is 23.1 Å². The van der Waals surface area contributed by atoms with Crippen molar-refractivity contribution in [3.63, 3.8) is 0 Å². The van der Waals surface area contributed by atoms with E-state index in [-0.39, 0.29) is 29.5 Å². The molecule has 0 unspecified atom stereocenters. The van der Waals surface area contributed by atoms with E-state index in [1.807, 2.05) is 32.6 Å². The molecule has 1 aliphatic heterocycles. The second kappa shape index (κ2) is 7.43. The lowest BCUT2D eigenvalue weighted by atomic mass is 10.0.